The molecule has 0 spiro atoms. The molecule has 2 fully saturated rings. The fourth-order valence-electron chi connectivity index (χ4n) is 4.55. The van der Waals surface area contributed by atoms with Crippen LogP contribution in [0, 0.1) is 11.8 Å². The number of anilines is 2. The van der Waals surface area contributed by atoms with E-state index in [1.54, 1.807) is 37.0 Å². The van der Waals surface area contributed by atoms with E-state index in [1.807, 2.05) is 6.07 Å². The van der Waals surface area contributed by atoms with Crippen LogP contribution in [0.5, 0.6) is 0 Å². The molecule has 10 heteroatoms. The molecule has 3 aromatic heterocycles. The van der Waals surface area contributed by atoms with Gasteiger partial charge in [-0.3, -0.25) is 9.48 Å². The number of aldehydes is 1. The molecular weight excluding hydrogens is 460 g/mol. The molecule has 190 valence electrons. The third kappa shape index (κ3) is 5.48. The predicted octanol–water partition coefficient (Wildman–Crippen LogP) is 4.16. The van der Waals surface area contributed by atoms with Gasteiger partial charge in [0.1, 0.15) is 29.7 Å². The number of carbonyl (C=O) groups is 2. The van der Waals surface area contributed by atoms with Crippen LogP contribution in [-0.4, -0.2) is 43.6 Å². The first-order valence-corrected chi connectivity index (χ1v) is 12.5. The van der Waals surface area contributed by atoms with Crippen LogP contribution in [0.1, 0.15) is 74.6 Å². The summed E-state index contributed by atoms with van der Waals surface area (Å²) in [6.07, 6.45) is 11.5. The molecule has 5 rings (SSSR count). The van der Waals surface area contributed by atoms with Gasteiger partial charge in [-0.2, -0.15) is 5.10 Å². The molecule has 1 amide bonds. The maximum absolute atomic E-state index is 13.0. The smallest absolute Gasteiger partial charge is 0.277 e. The van der Waals surface area contributed by atoms with Crippen LogP contribution in [-0.2, 0) is 10.4 Å². The topological polar surface area (TPSA) is 135 Å². The summed E-state index contributed by atoms with van der Waals surface area (Å²) in [7, 11) is 0. The zero-order chi connectivity index (χ0) is 25.3. The molecule has 0 atom stereocenters. The summed E-state index contributed by atoms with van der Waals surface area (Å²) in [6.45, 7) is 4.15. The highest BCUT2D eigenvalue weighted by molar-refractivity contribution is 6.03. The molecule has 2 saturated carbocycles. The van der Waals surface area contributed by atoms with Crippen LogP contribution >= 0.6 is 0 Å². The number of oxazole rings is 1. The zero-order valence-electron chi connectivity index (χ0n) is 20.6. The van der Waals surface area contributed by atoms with Crippen molar-refractivity contribution in [3.8, 4) is 11.5 Å². The van der Waals surface area contributed by atoms with Crippen molar-refractivity contribution < 1.29 is 19.1 Å². The Labute approximate surface area is 209 Å². The van der Waals surface area contributed by atoms with Crippen molar-refractivity contribution in [1.82, 2.24) is 19.7 Å². The average molecular weight is 493 g/mol. The van der Waals surface area contributed by atoms with Crippen molar-refractivity contribution >= 4 is 23.7 Å². The van der Waals surface area contributed by atoms with Crippen molar-refractivity contribution in [1.29, 1.82) is 0 Å². The SMILES string of the molecule is CC(C)(O)c1nn([C@H]2CC[C@H](C=O)CC2)cc1NC(=O)c1coc(-c2ccnc(NCC3CC3)c2)n1. The van der Waals surface area contributed by atoms with Crippen molar-refractivity contribution in [3.63, 3.8) is 0 Å². The van der Waals surface area contributed by atoms with Gasteiger partial charge < -0.3 is 25.0 Å². The first-order valence-electron chi connectivity index (χ1n) is 12.5. The lowest BCUT2D eigenvalue weighted by Gasteiger charge is -2.25. The summed E-state index contributed by atoms with van der Waals surface area (Å²) in [6, 6.07) is 3.75. The van der Waals surface area contributed by atoms with Gasteiger partial charge in [-0.05, 0) is 70.4 Å². The quantitative estimate of drug-likeness (QED) is 0.379. The van der Waals surface area contributed by atoms with Gasteiger partial charge in [0.05, 0.1) is 11.7 Å². The summed E-state index contributed by atoms with van der Waals surface area (Å²) in [5.74, 6) is 1.42. The predicted molar refractivity (Wildman–Crippen MR) is 133 cm³/mol. The number of hydrogen-bond acceptors (Lipinski definition) is 8. The molecule has 2 aliphatic rings. The lowest BCUT2D eigenvalue weighted by molar-refractivity contribution is -0.112. The monoisotopic (exact) mass is 492 g/mol. The van der Waals surface area contributed by atoms with Crippen LogP contribution in [0.3, 0.4) is 0 Å². The fraction of sp³-hybridized carbons (Fsp3) is 0.500. The van der Waals surface area contributed by atoms with Crippen LogP contribution in [0.2, 0.25) is 0 Å². The summed E-state index contributed by atoms with van der Waals surface area (Å²) in [5.41, 5.74) is 0.375. The fourth-order valence-corrected chi connectivity index (χ4v) is 4.55. The van der Waals surface area contributed by atoms with E-state index < -0.39 is 11.5 Å². The third-order valence-electron chi connectivity index (χ3n) is 6.88. The van der Waals surface area contributed by atoms with E-state index in [9.17, 15) is 14.7 Å². The van der Waals surface area contributed by atoms with Crippen LogP contribution in [0.25, 0.3) is 11.5 Å². The normalized spacial score (nSPS) is 20.2. The molecule has 0 unspecified atom stereocenters. The summed E-state index contributed by atoms with van der Waals surface area (Å²) < 4.78 is 7.39. The Morgan fingerprint density at radius 2 is 2.03 bits per heavy atom. The molecule has 0 radical (unpaired) electrons. The number of pyridine rings is 1. The molecule has 3 heterocycles. The van der Waals surface area contributed by atoms with Gasteiger partial charge >= 0.3 is 0 Å². The number of carbonyl (C=O) groups excluding carboxylic acids is 2. The number of rotatable bonds is 9. The highest BCUT2D eigenvalue weighted by atomic mass is 16.3. The lowest BCUT2D eigenvalue weighted by atomic mass is 9.87. The minimum absolute atomic E-state index is 0.0940. The Kier molecular flexibility index (Phi) is 6.61. The Morgan fingerprint density at radius 3 is 2.72 bits per heavy atom. The molecule has 10 nitrogen and oxygen atoms in total. The second-order valence-corrected chi connectivity index (χ2v) is 10.4. The summed E-state index contributed by atoms with van der Waals surface area (Å²) in [5, 5.41) is 21.5. The van der Waals surface area contributed by atoms with Gasteiger partial charge in [-0.25, -0.2) is 9.97 Å². The minimum Gasteiger partial charge on any atom is -0.444 e. The Morgan fingerprint density at radius 1 is 1.25 bits per heavy atom. The molecule has 0 saturated heterocycles. The third-order valence-corrected chi connectivity index (χ3v) is 6.88. The van der Waals surface area contributed by atoms with Crippen LogP contribution in [0.4, 0.5) is 11.5 Å². The van der Waals surface area contributed by atoms with Crippen molar-refractivity contribution in [3.05, 3.63) is 42.2 Å². The summed E-state index contributed by atoms with van der Waals surface area (Å²) in [4.78, 5) is 32.8. The number of nitrogens with one attached hydrogen (secondary N) is 2. The Balaban J connectivity index is 1.31. The highest BCUT2D eigenvalue weighted by Crippen LogP contribution is 2.34. The highest BCUT2D eigenvalue weighted by Gasteiger charge is 2.30. The largest absolute Gasteiger partial charge is 0.444 e. The first kappa shape index (κ1) is 24.2. The lowest BCUT2D eigenvalue weighted by Crippen LogP contribution is -2.22. The number of amides is 1. The van der Waals surface area contributed by atoms with Crippen molar-refractivity contribution in [2.75, 3.05) is 17.2 Å². The molecule has 0 aliphatic heterocycles. The van der Waals surface area contributed by atoms with Crippen LogP contribution in [0.15, 0.2) is 35.2 Å². The molecular formula is C26H32N6O4. The molecule has 3 aromatic rings. The molecule has 0 aromatic carbocycles. The van der Waals surface area contributed by atoms with E-state index in [-0.39, 0.29) is 17.7 Å². The molecule has 2 aliphatic carbocycles. The summed E-state index contributed by atoms with van der Waals surface area (Å²) >= 11 is 0. The molecule has 3 N–H and O–H groups in total. The molecule has 36 heavy (non-hydrogen) atoms. The van der Waals surface area contributed by atoms with E-state index in [1.165, 1.54) is 19.1 Å². The maximum atomic E-state index is 13.0. The van der Waals surface area contributed by atoms with E-state index in [0.29, 0.717) is 17.3 Å². The average Bonchev–Trinajstić information content (AvgIpc) is 3.38. The Hall–Kier alpha value is -3.53. The zero-order valence-corrected chi connectivity index (χ0v) is 20.6. The van der Waals surface area contributed by atoms with Gasteiger partial charge in [-0.15, -0.1) is 0 Å². The van der Waals surface area contributed by atoms with Crippen molar-refractivity contribution in [2.24, 2.45) is 11.8 Å². The number of aliphatic hydroxyl groups is 1. The number of nitrogens with zero attached hydrogens (tertiary/aromatic N) is 4. The molecule has 0 bridgehead atoms. The van der Waals surface area contributed by atoms with E-state index in [4.69, 9.17) is 4.42 Å². The van der Waals surface area contributed by atoms with Gasteiger partial charge in [0.25, 0.3) is 5.91 Å². The van der Waals surface area contributed by atoms with Crippen LogP contribution < -0.4 is 10.6 Å². The number of aromatic nitrogens is 4. The van der Waals surface area contributed by atoms with Gasteiger partial charge in [0.15, 0.2) is 5.69 Å². The van der Waals surface area contributed by atoms with E-state index >= 15 is 0 Å². The van der Waals surface area contributed by atoms with E-state index in [2.05, 4.69) is 25.7 Å². The Bertz CT molecular complexity index is 1230. The minimum atomic E-state index is -1.26. The maximum Gasteiger partial charge on any atom is 0.277 e. The number of hydrogen-bond donors (Lipinski definition) is 3. The standard InChI is InChI=1S/C26H32N6O4/c1-26(2,35)23-20(13-32(31-23)19-7-5-17(14-33)6-8-19)29-24(34)21-15-36-25(30-21)18-9-10-27-22(11-18)28-12-16-3-4-16/h9-11,13-17,19,35H,3-8,12H2,1-2H3,(H,27,28)(H,29,34)/t17-,19-. The van der Waals surface area contributed by atoms with Crippen molar-refractivity contribution in [2.45, 2.75) is 64.0 Å². The van der Waals surface area contributed by atoms with E-state index in [0.717, 1.165) is 55.8 Å². The first-order chi connectivity index (χ1) is 17.3. The van der Waals surface area contributed by atoms with Gasteiger partial charge in [-0.1, -0.05) is 0 Å². The van der Waals surface area contributed by atoms with Gasteiger partial charge in [0.2, 0.25) is 5.89 Å². The second kappa shape index (κ2) is 9.85. The second-order valence-electron chi connectivity index (χ2n) is 10.4. The van der Waals surface area contributed by atoms with Gasteiger partial charge in [0, 0.05) is 30.4 Å².